The van der Waals surface area contributed by atoms with Gasteiger partial charge in [-0.1, -0.05) is 23.7 Å². The van der Waals surface area contributed by atoms with Gasteiger partial charge in [0, 0.05) is 6.20 Å². The zero-order valence-electron chi connectivity index (χ0n) is 10.9. The van der Waals surface area contributed by atoms with Crippen molar-refractivity contribution in [1.29, 1.82) is 5.26 Å². The van der Waals surface area contributed by atoms with Gasteiger partial charge < -0.3 is 4.57 Å². The summed E-state index contributed by atoms with van der Waals surface area (Å²) in [6.45, 7) is 0.558. The molecule has 0 aliphatic carbocycles. The number of benzene rings is 1. The van der Waals surface area contributed by atoms with E-state index in [4.69, 9.17) is 28.5 Å². The van der Waals surface area contributed by atoms with E-state index in [1.807, 2.05) is 22.8 Å². The van der Waals surface area contributed by atoms with Crippen molar-refractivity contribution in [3.63, 3.8) is 0 Å². The first-order valence-corrected chi connectivity index (χ1v) is 7.18. The number of nitriles is 1. The van der Waals surface area contributed by atoms with Crippen molar-refractivity contribution >= 4 is 34.4 Å². The predicted molar refractivity (Wildman–Crippen MR) is 82.4 cm³/mol. The molecule has 0 fully saturated rings. The summed E-state index contributed by atoms with van der Waals surface area (Å²) in [6.07, 6.45) is 1.59. The molecule has 0 atom stereocenters. The average Bonchev–Trinajstić information content (AvgIpc) is 2.84. The van der Waals surface area contributed by atoms with Crippen LogP contribution in [0.15, 0.2) is 36.5 Å². The van der Waals surface area contributed by atoms with Crippen LogP contribution in [0.2, 0.25) is 5.02 Å². The van der Waals surface area contributed by atoms with Crippen LogP contribution in [0.1, 0.15) is 17.0 Å². The number of hydrogen-bond acceptors (Lipinski definition) is 3. The Bertz CT molecular complexity index is 848. The third-order valence-electron chi connectivity index (χ3n) is 3.15. The number of imidazole rings is 1. The van der Waals surface area contributed by atoms with Crippen LogP contribution in [0.3, 0.4) is 0 Å². The van der Waals surface area contributed by atoms with Crippen LogP contribution in [-0.4, -0.2) is 14.5 Å². The lowest BCUT2D eigenvalue weighted by Crippen LogP contribution is -2.04. The van der Waals surface area contributed by atoms with Crippen molar-refractivity contribution in [3.8, 4) is 6.07 Å². The second kappa shape index (κ2) is 5.72. The van der Waals surface area contributed by atoms with Gasteiger partial charge in [0.05, 0.1) is 29.1 Å². The molecule has 104 valence electrons. The van der Waals surface area contributed by atoms with Gasteiger partial charge in [0.15, 0.2) is 5.65 Å². The van der Waals surface area contributed by atoms with E-state index in [0.717, 1.165) is 22.6 Å². The molecule has 0 unspecified atom stereocenters. The largest absolute Gasteiger partial charge is 0.307 e. The maximum absolute atomic E-state index is 8.97. The Balaban J connectivity index is 2.08. The molecule has 21 heavy (non-hydrogen) atoms. The van der Waals surface area contributed by atoms with Crippen molar-refractivity contribution in [3.05, 3.63) is 58.5 Å². The van der Waals surface area contributed by atoms with Crippen molar-refractivity contribution < 1.29 is 0 Å². The number of rotatable bonds is 3. The molecule has 3 aromatic rings. The molecule has 3 rings (SSSR count). The summed E-state index contributed by atoms with van der Waals surface area (Å²) < 4.78 is 1.94. The molecule has 0 bridgehead atoms. The van der Waals surface area contributed by atoms with Gasteiger partial charge in [-0.15, -0.1) is 11.6 Å². The minimum atomic E-state index is 0.284. The summed E-state index contributed by atoms with van der Waals surface area (Å²) >= 11 is 11.9. The summed E-state index contributed by atoms with van der Waals surface area (Å²) in [7, 11) is 0. The van der Waals surface area contributed by atoms with Gasteiger partial charge in [-0.25, -0.2) is 9.97 Å². The van der Waals surface area contributed by atoms with E-state index in [1.165, 1.54) is 0 Å². The SMILES string of the molecule is N#Cc1cccc(Cn2c(CCl)nc3cc(Cl)cnc32)c1. The molecule has 2 heterocycles. The summed E-state index contributed by atoms with van der Waals surface area (Å²) in [5.74, 6) is 1.01. The zero-order chi connectivity index (χ0) is 14.8. The Kier molecular flexibility index (Phi) is 3.78. The van der Waals surface area contributed by atoms with E-state index < -0.39 is 0 Å². The monoisotopic (exact) mass is 316 g/mol. The highest BCUT2D eigenvalue weighted by molar-refractivity contribution is 6.31. The van der Waals surface area contributed by atoms with Crippen molar-refractivity contribution in [2.75, 3.05) is 0 Å². The van der Waals surface area contributed by atoms with Crippen LogP contribution < -0.4 is 0 Å². The first kappa shape index (κ1) is 13.9. The number of hydrogen-bond donors (Lipinski definition) is 0. The van der Waals surface area contributed by atoms with Crippen LogP contribution in [0.25, 0.3) is 11.2 Å². The lowest BCUT2D eigenvalue weighted by molar-refractivity contribution is 0.770. The van der Waals surface area contributed by atoms with Gasteiger partial charge in [0.1, 0.15) is 11.3 Å². The van der Waals surface area contributed by atoms with E-state index in [-0.39, 0.29) is 5.88 Å². The van der Waals surface area contributed by atoms with Crippen LogP contribution in [0, 0.1) is 11.3 Å². The van der Waals surface area contributed by atoms with E-state index in [0.29, 0.717) is 17.1 Å². The van der Waals surface area contributed by atoms with Gasteiger partial charge in [-0.3, -0.25) is 0 Å². The summed E-state index contributed by atoms with van der Waals surface area (Å²) in [4.78, 5) is 8.78. The summed E-state index contributed by atoms with van der Waals surface area (Å²) in [5, 5.41) is 9.52. The quantitative estimate of drug-likeness (QED) is 0.691. The smallest absolute Gasteiger partial charge is 0.160 e. The summed E-state index contributed by atoms with van der Waals surface area (Å²) in [6, 6.07) is 11.3. The minimum Gasteiger partial charge on any atom is -0.307 e. The lowest BCUT2D eigenvalue weighted by atomic mass is 10.1. The molecule has 0 aliphatic heterocycles. The minimum absolute atomic E-state index is 0.284. The third-order valence-corrected chi connectivity index (χ3v) is 3.59. The molecular weight excluding hydrogens is 307 g/mol. The first-order valence-electron chi connectivity index (χ1n) is 6.27. The van der Waals surface area contributed by atoms with Crippen LogP contribution >= 0.6 is 23.2 Å². The molecule has 6 heteroatoms. The average molecular weight is 317 g/mol. The molecule has 1 aromatic carbocycles. The number of halogens is 2. The van der Waals surface area contributed by atoms with Crippen molar-refractivity contribution in [2.45, 2.75) is 12.4 Å². The van der Waals surface area contributed by atoms with E-state index in [9.17, 15) is 0 Å². The molecule has 0 spiro atoms. The van der Waals surface area contributed by atoms with E-state index in [2.05, 4.69) is 16.0 Å². The zero-order valence-corrected chi connectivity index (χ0v) is 12.4. The fourth-order valence-electron chi connectivity index (χ4n) is 2.22. The fraction of sp³-hybridized carbons (Fsp3) is 0.133. The van der Waals surface area contributed by atoms with Gasteiger partial charge in [0.2, 0.25) is 0 Å². The highest BCUT2D eigenvalue weighted by atomic mass is 35.5. The van der Waals surface area contributed by atoms with Gasteiger partial charge in [0.25, 0.3) is 0 Å². The Labute approximate surface area is 131 Å². The Morgan fingerprint density at radius 2 is 2.14 bits per heavy atom. The Morgan fingerprint density at radius 3 is 2.90 bits per heavy atom. The highest BCUT2D eigenvalue weighted by Gasteiger charge is 2.12. The van der Waals surface area contributed by atoms with E-state index >= 15 is 0 Å². The molecular formula is C15H10Cl2N4. The van der Waals surface area contributed by atoms with Crippen molar-refractivity contribution in [1.82, 2.24) is 14.5 Å². The molecule has 0 N–H and O–H groups in total. The Morgan fingerprint density at radius 1 is 1.29 bits per heavy atom. The molecule has 0 saturated carbocycles. The number of nitrogens with zero attached hydrogens (tertiary/aromatic N) is 4. The Hall–Kier alpha value is -2.09. The normalized spacial score (nSPS) is 10.7. The molecule has 0 saturated heterocycles. The number of pyridine rings is 1. The van der Waals surface area contributed by atoms with Gasteiger partial charge in [-0.05, 0) is 23.8 Å². The highest BCUT2D eigenvalue weighted by Crippen LogP contribution is 2.20. The topological polar surface area (TPSA) is 54.5 Å². The third kappa shape index (κ3) is 2.71. The van der Waals surface area contributed by atoms with Gasteiger partial charge in [-0.2, -0.15) is 5.26 Å². The standard InChI is InChI=1S/C15H10Cl2N4/c16-6-14-20-13-5-12(17)8-19-15(13)21(14)9-11-3-1-2-10(4-11)7-18/h1-5,8H,6,9H2. The molecule has 2 aromatic heterocycles. The van der Waals surface area contributed by atoms with Crippen LogP contribution in [-0.2, 0) is 12.4 Å². The second-order valence-electron chi connectivity index (χ2n) is 4.56. The molecule has 0 aliphatic rings. The maximum atomic E-state index is 8.97. The second-order valence-corrected chi connectivity index (χ2v) is 5.26. The number of fused-ring (bicyclic) bond motifs is 1. The molecule has 4 nitrogen and oxygen atoms in total. The van der Waals surface area contributed by atoms with Crippen LogP contribution in [0.5, 0.6) is 0 Å². The van der Waals surface area contributed by atoms with Gasteiger partial charge >= 0.3 is 0 Å². The summed E-state index contributed by atoms with van der Waals surface area (Å²) in [5.41, 5.74) is 3.07. The fourth-order valence-corrected chi connectivity index (χ4v) is 2.58. The molecule has 0 amide bonds. The first-order chi connectivity index (χ1) is 10.2. The lowest BCUT2D eigenvalue weighted by Gasteiger charge is -2.07. The van der Waals surface area contributed by atoms with E-state index in [1.54, 1.807) is 18.3 Å². The maximum Gasteiger partial charge on any atom is 0.160 e. The van der Waals surface area contributed by atoms with Crippen molar-refractivity contribution in [2.24, 2.45) is 0 Å². The predicted octanol–water partition coefficient (Wildman–Crippen LogP) is 3.74. The van der Waals surface area contributed by atoms with Crippen LogP contribution in [0.4, 0.5) is 0 Å². The number of aromatic nitrogens is 3. The number of alkyl halides is 1. The molecule has 0 radical (unpaired) electrons.